The van der Waals surface area contributed by atoms with Gasteiger partial charge in [-0.2, -0.15) is 0 Å². The van der Waals surface area contributed by atoms with Crippen LogP contribution in [-0.4, -0.2) is 71.0 Å². The zero-order valence-electron chi connectivity index (χ0n) is 20.3. The van der Waals surface area contributed by atoms with Crippen LogP contribution in [0.15, 0.2) is 36.5 Å². The molecular formula is C26H37N7. The topological polar surface area (TPSA) is 51.9 Å². The predicted molar refractivity (Wildman–Crippen MR) is 134 cm³/mol. The van der Waals surface area contributed by atoms with Crippen LogP contribution in [0.4, 0.5) is 5.82 Å². The van der Waals surface area contributed by atoms with E-state index >= 15 is 0 Å². The van der Waals surface area contributed by atoms with E-state index in [1.165, 1.54) is 34.9 Å². The van der Waals surface area contributed by atoms with E-state index in [2.05, 4.69) is 75.8 Å². The minimum Gasteiger partial charge on any atom is -0.355 e. The minimum atomic E-state index is 0.351. The number of fused-ring (bicyclic) bond motifs is 2. The molecule has 5 rings (SSSR count). The Morgan fingerprint density at radius 1 is 1.12 bits per heavy atom. The highest BCUT2D eigenvalue weighted by atomic mass is 15.3. The highest BCUT2D eigenvalue weighted by Gasteiger charge is 2.27. The average molecular weight is 448 g/mol. The minimum absolute atomic E-state index is 0.351. The Balaban J connectivity index is 1.48. The summed E-state index contributed by atoms with van der Waals surface area (Å²) in [5, 5.41) is 3.57. The van der Waals surface area contributed by atoms with Crippen LogP contribution in [0, 0.1) is 0 Å². The smallest absolute Gasteiger partial charge is 0.138 e. The SMILES string of the molecule is CCNCc1c(CN(C)[C@H]2CCCc3cccnc32)nc2cccc(N3CCN(C)CC3)n12. The first-order valence-electron chi connectivity index (χ1n) is 12.4. The van der Waals surface area contributed by atoms with E-state index < -0.39 is 0 Å². The van der Waals surface area contributed by atoms with Crippen LogP contribution in [0.2, 0.25) is 0 Å². The fourth-order valence-electron chi connectivity index (χ4n) is 5.38. The van der Waals surface area contributed by atoms with Gasteiger partial charge >= 0.3 is 0 Å². The second kappa shape index (κ2) is 9.79. The zero-order chi connectivity index (χ0) is 22.8. The third-order valence-corrected chi connectivity index (χ3v) is 7.27. The number of aryl methyl sites for hydroxylation is 1. The Hall–Kier alpha value is -2.48. The van der Waals surface area contributed by atoms with Gasteiger partial charge in [-0.05, 0) is 63.7 Å². The number of nitrogens with zero attached hydrogens (tertiary/aromatic N) is 6. The second-order valence-electron chi connectivity index (χ2n) is 9.52. The molecule has 0 amide bonds. The lowest BCUT2D eigenvalue weighted by Crippen LogP contribution is -2.45. The van der Waals surface area contributed by atoms with Gasteiger partial charge in [0, 0.05) is 45.5 Å². The van der Waals surface area contributed by atoms with Crippen LogP contribution in [0.3, 0.4) is 0 Å². The van der Waals surface area contributed by atoms with Crippen molar-refractivity contribution >= 4 is 11.5 Å². The Morgan fingerprint density at radius 2 is 1.97 bits per heavy atom. The van der Waals surface area contributed by atoms with E-state index in [0.717, 1.165) is 64.3 Å². The fraction of sp³-hybridized carbons (Fsp3) is 0.538. The molecule has 176 valence electrons. The van der Waals surface area contributed by atoms with Crippen molar-refractivity contribution in [1.82, 2.24) is 29.5 Å². The molecule has 0 aromatic carbocycles. The van der Waals surface area contributed by atoms with Crippen LogP contribution in [-0.2, 0) is 19.5 Å². The lowest BCUT2D eigenvalue weighted by molar-refractivity contribution is 0.206. The number of hydrogen-bond donors (Lipinski definition) is 1. The van der Waals surface area contributed by atoms with E-state index in [9.17, 15) is 0 Å². The van der Waals surface area contributed by atoms with Crippen molar-refractivity contribution in [3.8, 4) is 0 Å². The standard InChI is InChI=1S/C26H37N7/c1-4-27-18-23-21(19-31(3)22-10-5-8-20-9-7-13-28-26(20)22)29-24-11-6-12-25(33(23)24)32-16-14-30(2)15-17-32/h6-7,9,11-13,22,27H,4-5,8,10,14-19H2,1-3H3/t22-/m0/s1. The first kappa shape index (κ1) is 22.3. The molecule has 0 spiro atoms. The summed E-state index contributed by atoms with van der Waals surface area (Å²) < 4.78 is 2.39. The largest absolute Gasteiger partial charge is 0.355 e. The van der Waals surface area contributed by atoms with E-state index in [-0.39, 0.29) is 0 Å². The summed E-state index contributed by atoms with van der Waals surface area (Å²) in [5.74, 6) is 1.26. The Labute approximate surface area is 197 Å². The molecule has 0 saturated carbocycles. The number of likely N-dealkylation sites (N-methyl/N-ethyl adjacent to an activating group) is 1. The van der Waals surface area contributed by atoms with Crippen LogP contribution in [0.25, 0.3) is 5.65 Å². The van der Waals surface area contributed by atoms with E-state index in [1.807, 2.05) is 6.20 Å². The molecular weight excluding hydrogens is 410 g/mol. The Morgan fingerprint density at radius 3 is 2.79 bits per heavy atom. The maximum absolute atomic E-state index is 5.15. The van der Waals surface area contributed by atoms with Gasteiger partial charge in [0.05, 0.1) is 23.1 Å². The van der Waals surface area contributed by atoms with Crippen molar-refractivity contribution in [1.29, 1.82) is 0 Å². The van der Waals surface area contributed by atoms with Gasteiger partial charge in [-0.3, -0.25) is 14.3 Å². The molecule has 1 saturated heterocycles. The van der Waals surface area contributed by atoms with Crippen molar-refractivity contribution in [2.24, 2.45) is 0 Å². The summed E-state index contributed by atoms with van der Waals surface area (Å²) in [5.41, 5.74) is 6.15. The summed E-state index contributed by atoms with van der Waals surface area (Å²) in [6, 6.07) is 11.2. The van der Waals surface area contributed by atoms with Crippen molar-refractivity contribution in [3.63, 3.8) is 0 Å². The van der Waals surface area contributed by atoms with Crippen molar-refractivity contribution in [2.45, 2.75) is 45.3 Å². The van der Waals surface area contributed by atoms with Gasteiger partial charge in [-0.1, -0.05) is 19.1 Å². The van der Waals surface area contributed by atoms with Crippen LogP contribution in [0.5, 0.6) is 0 Å². The summed E-state index contributed by atoms with van der Waals surface area (Å²) in [6.07, 6.45) is 5.45. The number of hydrogen-bond acceptors (Lipinski definition) is 6. The van der Waals surface area contributed by atoms with Gasteiger partial charge in [0.1, 0.15) is 11.5 Å². The van der Waals surface area contributed by atoms with Crippen molar-refractivity contribution < 1.29 is 0 Å². The molecule has 7 nitrogen and oxygen atoms in total. The monoisotopic (exact) mass is 447 g/mol. The Bertz CT molecular complexity index is 1080. The number of imidazole rings is 1. The van der Waals surface area contributed by atoms with Gasteiger partial charge < -0.3 is 15.1 Å². The molecule has 3 aromatic rings. The Kier molecular flexibility index (Phi) is 6.62. The third-order valence-electron chi connectivity index (χ3n) is 7.27. The number of piperazine rings is 1. The first-order valence-corrected chi connectivity index (χ1v) is 12.4. The predicted octanol–water partition coefficient (Wildman–Crippen LogP) is 3.10. The molecule has 4 heterocycles. The molecule has 1 aliphatic heterocycles. The van der Waals surface area contributed by atoms with Crippen molar-refractivity contribution in [3.05, 3.63) is 59.2 Å². The van der Waals surface area contributed by atoms with Gasteiger partial charge in [0.2, 0.25) is 0 Å². The van der Waals surface area contributed by atoms with Gasteiger partial charge in [-0.15, -0.1) is 0 Å². The van der Waals surface area contributed by atoms with Crippen LogP contribution >= 0.6 is 0 Å². The van der Waals surface area contributed by atoms with Gasteiger partial charge in [-0.25, -0.2) is 4.98 Å². The molecule has 0 radical (unpaired) electrons. The average Bonchev–Trinajstić information content (AvgIpc) is 3.19. The fourth-order valence-corrected chi connectivity index (χ4v) is 5.38. The number of aromatic nitrogens is 3. The highest BCUT2D eigenvalue weighted by Crippen LogP contribution is 2.33. The molecule has 33 heavy (non-hydrogen) atoms. The van der Waals surface area contributed by atoms with E-state index in [1.54, 1.807) is 0 Å². The second-order valence-corrected chi connectivity index (χ2v) is 9.52. The molecule has 1 fully saturated rings. The summed E-state index contributed by atoms with van der Waals surface area (Å²) in [6.45, 7) is 9.05. The summed E-state index contributed by atoms with van der Waals surface area (Å²) in [4.78, 5) is 17.3. The van der Waals surface area contributed by atoms with E-state index in [4.69, 9.17) is 9.97 Å². The van der Waals surface area contributed by atoms with Gasteiger partial charge in [0.15, 0.2) is 0 Å². The number of pyridine rings is 2. The molecule has 1 N–H and O–H groups in total. The van der Waals surface area contributed by atoms with Crippen LogP contribution in [0.1, 0.15) is 48.5 Å². The molecule has 1 atom stereocenters. The maximum Gasteiger partial charge on any atom is 0.138 e. The normalized spacial score (nSPS) is 19.4. The molecule has 2 aliphatic rings. The quantitative estimate of drug-likeness (QED) is 0.601. The number of nitrogens with one attached hydrogen (secondary N) is 1. The zero-order valence-corrected chi connectivity index (χ0v) is 20.3. The lowest BCUT2D eigenvalue weighted by atomic mass is 9.91. The van der Waals surface area contributed by atoms with Crippen LogP contribution < -0.4 is 10.2 Å². The van der Waals surface area contributed by atoms with Crippen molar-refractivity contribution in [2.75, 3.05) is 51.7 Å². The first-order chi connectivity index (χ1) is 16.2. The summed E-state index contributed by atoms with van der Waals surface area (Å²) in [7, 11) is 4.44. The molecule has 0 bridgehead atoms. The molecule has 0 unspecified atom stereocenters. The third kappa shape index (κ3) is 4.50. The molecule has 1 aliphatic carbocycles. The highest BCUT2D eigenvalue weighted by molar-refractivity contribution is 5.55. The molecule has 3 aromatic heterocycles. The van der Waals surface area contributed by atoms with E-state index in [0.29, 0.717) is 6.04 Å². The lowest BCUT2D eigenvalue weighted by Gasteiger charge is -2.34. The maximum atomic E-state index is 5.15. The summed E-state index contributed by atoms with van der Waals surface area (Å²) >= 11 is 0. The number of anilines is 1. The number of rotatable bonds is 7. The molecule has 7 heteroatoms. The van der Waals surface area contributed by atoms with Gasteiger partial charge in [0.25, 0.3) is 0 Å².